The van der Waals surface area contributed by atoms with Crippen LogP contribution >= 0.6 is 0 Å². The average molecular weight is 308 g/mol. The van der Waals surface area contributed by atoms with Crippen LogP contribution in [0.3, 0.4) is 0 Å². The predicted octanol–water partition coefficient (Wildman–Crippen LogP) is 2.62. The van der Waals surface area contributed by atoms with Gasteiger partial charge in [0.15, 0.2) is 0 Å². The standard InChI is InChI=1S/C19H20N2O2/c1-14-3-5-15(6-4-14)16-7-9-17(10-8-16)19(23)21-12-2-11-20-18(22)13-21/h3-10H,2,11-13H2,1H3,(H,20,22). The van der Waals surface area contributed by atoms with Crippen LogP contribution in [0, 0.1) is 6.92 Å². The number of rotatable bonds is 2. The lowest BCUT2D eigenvalue weighted by Crippen LogP contribution is -2.37. The Bertz CT molecular complexity index is 705. The summed E-state index contributed by atoms with van der Waals surface area (Å²) >= 11 is 0. The fourth-order valence-electron chi connectivity index (χ4n) is 2.71. The molecule has 3 rings (SSSR count). The Labute approximate surface area is 136 Å². The molecule has 2 aromatic carbocycles. The summed E-state index contributed by atoms with van der Waals surface area (Å²) in [5.74, 6) is -0.176. The zero-order chi connectivity index (χ0) is 16.2. The molecule has 1 aliphatic rings. The van der Waals surface area contributed by atoms with Crippen molar-refractivity contribution < 1.29 is 9.59 Å². The van der Waals surface area contributed by atoms with Crippen LogP contribution in [0.15, 0.2) is 48.5 Å². The van der Waals surface area contributed by atoms with Crippen LogP contribution in [0.4, 0.5) is 0 Å². The summed E-state index contributed by atoms with van der Waals surface area (Å²) in [6, 6.07) is 15.9. The number of carbonyl (C=O) groups is 2. The molecule has 2 amide bonds. The predicted molar refractivity (Wildman–Crippen MR) is 90.1 cm³/mol. The van der Waals surface area contributed by atoms with Crippen LogP contribution in [0.2, 0.25) is 0 Å². The van der Waals surface area contributed by atoms with Gasteiger partial charge in [0.05, 0.1) is 6.54 Å². The smallest absolute Gasteiger partial charge is 0.254 e. The Morgan fingerprint density at radius 3 is 2.26 bits per heavy atom. The molecule has 1 aliphatic heterocycles. The first-order chi connectivity index (χ1) is 11.1. The number of amides is 2. The fraction of sp³-hybridized carbons (Fsp3) is 0.263. The summed E-state index contributed by atoms with van der Waals surface area (Å²) < 4.78 is 0. The Hall–Kier alpha value is -2.62. The highest BCUT2D eigenvalue weighted by Crippen LogP contribution is 2.21. The van der Waals surface area contributed by atoms with E-state index in [-0.39, 0.29) is 18.4 Å². The third-order valence-corrected chi connectivity index (χ3v) is 4.07. The lowest BCUT2D eigenvalue weighted by atomic mass is 10.0. The summed E-state index contributed by atoms with van der Waals surface area (Å²) in [5.41, 5.74) is 4.05. The summed E-state index contributed by atoms with van der Waals surface area (Å²) in [5, 5.41) is 2.78. The first-order valence-corrected chi connectivity index (χ1v) is 7.86. The quantitative estimate of drug-likeness (QED) is 0.927. The molecule has 0 atom stereocenters. The molecule has 0 spiro atoms. The van der Waals surface area contributed by atoms with Gasteiger partial charge in [-0.05, 0) is 36.6 Å². The lowest BCUT2D eigenvalue weighted by Gasteiger charge is -2.19. The minimum absolute atomic E-state index is 0.0856. The number of nitrogens with zero attached hydrogens (tertiary/aromatic N) is 1. The highest BCUT2D eigenvalue weighted by molar-refractivity contribution is 5.97. The summed E-state index contributed by atoms with van der Waals surface area (Å²) in [6.45, 7) is 3.44. The molecule has 4 heteroatoms. The number of hydrogen-bond donors (Lipinski definition) is 1. The largest absolute Gasteiger partial charge is 0.354 e. The molecular formula is C19H20N2O2. The Morgan fingerprint density at radius 2 is 1.61 bits per heavy atom. The third kappa shape index (κ3) is 3.59. The van der Waals surface area contributed by atoms with Gasteiger partial charge in [0.1, 0.15) is 0 Å². The number of nitrogens with one attached hydrogen (secondary N) is 1. The van der Waals surface area contributed by atoms with Gasteiger partial charge in [-0.15, -0.1) is 0 Å². The maximum absolute atomic E-state index is 12.5. The van der Waals surface area contributed by atoms with Crippen molar-refractivity contribution in [3.8, 4) is 11.1 Å². The van der Waals surface area contributed by atoms with E-state index in [0.29, 0.717) is 18.7 Å². The first kappa shape index (κ1) is 15.3. The van der Waals surface area contributed by atoms with Gasteiger partial charge in [0, 0.05) is 18.7 Å². The van der Waals surface area contributed by atoms with Crippen LogP contribution in [-0.4, -0.2) is 36.3 Å². The van der Waals surface area contributed by atoms with Crippen molar-refractivity contribution in [2.75, 3.05) is 19.6 Å². The van der Waals surface area contributed by atoms with Gasteiger partial charge in [-0.2, -0.15) is 0 Å². The summed E-state index contributed by atoms with van der Waals surface area (Å²) in [4.78, 5) is 25.7. The van der Waals surface area contributed by atoms with Crippen molar-refractivity contribution in [2.45, 2.75) is 13.3 Å². The zero-order valence-corrected chi connectivity index (χ0v) is 13.2. The van der Waals surface area contributed by atoms with E-state index < -0.39 is 0 Å². The molecule has 1 heterocycles. The fourth-order valence-corrected chi connectivity index (χ4v) is 2.71. The normalized spacial score (nSPS) is 15.0. The molecule has 0 aromatic heterocycles. The molecule has 1 saturated heterocycles. The highest BCUT2D eigenvalue weighted by Gasteiger charge is 2.20. The number of carbonyl (C=O) groups excluding carboxylic acids is 2. The molecule has 1 fully saturated rings. The Balaban J connectivity index is 1.77. The van der Waals surface area contributed by atoms with E-state index in [1.54, 1.807) is 4.90 Å². The highest BCUT2D eigenvalue weighted by atomic mass is 16.2. The molecule has 0 radical (unpaired) electrons. The van der Waals surface area contributed by atoms with E-state index in [1.807, 2.05) is 24.3 Å². The molecule has 118 valence electrons. The Morgan fingerprint density at radius 1 is 1.00 bits per heavy atom. The van der Waals surface area contributed by atoms with Crippen molar-refractivity contribution in [2.24, 2.45) is 0 Å². The maximum atomic E-state index is 12.5. The Kier molecular flexibility index (Phi) is 4.42. The van der Waals surface area contributed by atoms with Gasteiger partial charge in [0.2, 0.25) is 5.91 Å². The van der Waals surface area contributed by atoms with Crippen LogP contribution in [-0.2, 0) is 4.79 Å². The second-order valence-corrected chi connectivity index (χ2v) is 5.87. The number of benzene rings is 2. The van der Waals surface area contributed by atoms with Crippen molar-refractivity contribution >= 4 is 11.8 Å². The average Bonchev–Trinajstić information content (AvgIpc) is 2.80. The van der Waals surface area contributed by atoms with Crippen molar-refractivity contribution in [1.82, 2.24) is 10.2 Å². The number of aryl methyl sites for hydroxylation is 1. The molecule has 0 unspecified atom stereocenters. The van der Waals surface area contributed by atoms with Crippen LogP contribution in [0.5, 0.6) is 0 Å². The van der Waals surface area contributed by atoms with Gasteiger partial charge >= 0.3 is 0 Å². The molecule has 0 saturated carbocycles. The van der Waals surface area contributed by atoms with E-state index in [9.17, 15) is 9.59 Å². The third-order valence-electron chi connectivity index (χ3n) is 4.07. The summed E-state index contributed by atoms with van der Waals surface area (Å²) in [7, 11) is 0. The molecule has 1 N–H and O–H groups in total. The molecule has 2 aromatic rings. The van der Waals surface area contributed by atoms with E-state index in [2.05, 4.69) is 36.5 Å². The zero-order valence-electron chi connectivity index (χ0n) is 13.2. The van der Waals surface area contributed by atoms with Crippen LogP contribution in [0.1, 0.15) is 22.3 Å². The van der Waals surface area contributed by atoms with Gasteiger partial charge < -0.3 is 10.2 Å². The van der Waals surface area contributed by atoms with Gasteiger partial charge in [-0.1, -0.05) is 42.0 Å². The van der Waals surface area contributed by atoms with Gasteiger partial charge in [0.25, 0.3) is 5.91 Å². The van der Waals surface area contributed by atoms with Crippen LogP contribution < -0.4 is 5.32 Å². The van der Waals surface area contributed by atoms with Crippen molar-refractivity contribution in [1.29, 1.82) is 0 Å². The lowest BCUT2D eigenvalue weighted by molar-refractivity contribution is -0.121. The molecular weight excluding hydrogens is 288 g/mol. The monoisotopic (exact) mass is 308 g/mol. The topological polar surface area (TPSA) is 49.4 Å². The molecule has 23 heavy (non-hydrogen) atoms. The van der Waals surface area contributed by atoms with Gasteiger partial charge in [-0.3, -0.25) is 9.59 Å². The molecule has 0 aliphatic carbocycles. The van der Waals surface area contributed by atoms with Crippen molar-refractivity contribution in [3.63, 3.8) is 0 Å². The second-order valence-electron chi connectivity index (χ2n) is 5.87. The van der Waals surface area contributed by atoms with E-state index in [1.165, 1.54) is 5.56 Å². The number of hydrogen-bond acceptors (Lipinski definition) is 2. The van der Waals surface area contributed by atoms with E-state index >= 15 is 0 Å². The van der Waals surface area contributed by atoms with E-state index in [4.69, 9.17) is 0 Å². The van der Waals surface area contributed by atoms with E-state index in [0.717, 1.165) is 17.5 Å². The summed E-state index contributed by atoms with van der Waals surface area (Å²) in [6.07, 6.45) is 0.791. The first-order valence-electron chi connectivity index (χ1n) is 7.86. The maximum Gasteiger partial charge on any atom is 0.254 e. The molecule has 4 nitrogen and oxygen atoms in total. The SMILES string of the molecule is Cc1ccc(-c2ccc(C(=O)N3CCCNC(=O)C3)cc2)cc1. The molecule has 0 bridgehead atoms. The van der Waals surface area contributed by atoms with Crippen LogP contribution in [0.25, 0.3) is 11.1 Å². The second kappa shape index (κ2) is 6.65. The van der Waals surface area contributed by atoms with Gasteiger partial charge in [-0.25, -0.2) is 0 Å². The van der Waals surface area contributed by atoms with Crippen molar-refractivity contribution in [3.05, 3.63) is 59.7 Å². The minimum Gasteiger partial charge on any atom is -0.354 e. The minimum atomic E-state index is -0.0906.